The van der Waals surface area contributed by atoms with E-state index in [0.29, 0.717) is 11.3 Å². The zero-order chi connectivity index (χ0) is 10.8. The molecule has 0 aliphatic carbocycles. The number of likely N-dealkylation sites (tertiary alicyclic amines) is 1. The maximum Gasteiger partial charge on any atom is 0.0679 e. The smallest absolute Gasteiger partial charge is 0.0679 e. The summed E-state index contributed by atoms with van der Waals surface area (Å²) in [5.41, 5.74) is 0.315. The van der Waals surface area contributed by atoms with E-state index in [-0.39, 0.29) is 6.10 Å². The van der Waals surface area contributed by atoms with Crippen LogP contribution in [0, 0.1) is 11.3 Å². The molecule has 1 heterocycles. The molecular weight excluding hydrogens is 194 g/mol. The van der Waals surface area contributed by atoms with Crippen molar-refractivity contribution in [1.82, 2.24) is 4.90 Å². The number of hydrogen-bond acceptors (Lipinski definition) is 3. The minimum absolute atomic E-state index is 0.101. The summed E-state index contributed by atoms with van der Waals surface area (Å²) in [6, 6.07) is 0. The first-order chi connectivity index (χ1) is 6.43. The van der Waals surface area contributed by atoms with Gasteiger partial charge in [-0.25, -0.2) is 0 Å². The molecule has 2 nitrogen and oxygen atoms in total. The Labute approximate surface area is 93.1 Å². The number of rotatable bonds is 3. The molecular formula is C11H23NOS. The van der Waals surface area contributed by atoms with E-state index < -0.39 is 0 Å². The van der Waals surface area contributed by atoms with Gasteiger partial charge in [0.2, 0.25) is 0 Å². The molecule has 0 amide bonds. The second kappa shape index (κ2) is 4.86. The van der Waals surface area contributed by atoms with E-state index in [2.05, 4.69) is 38.3 Å². The van der Waals surface area contributed by atoms with Gasteiger partial charge >= 0.3 is 0 Å². The molecule has 0 aromatic heterocycles. The first kappa shape index (κ1) is 12.3. The Kier molecular flexibility index (Phi) is 4.29. The maximum atomic E-state index is 9.43. The van der Waals surface area contributed by atoms with Crippen LogP contribution in [0.4, 0.5) is 0 Å². The third-order valence-corrected chi connectivity index (χ3v) is 3.61. The van der Waals surface area contributed by atoms with Gasteiger partial charge in [-0.3, -0.25) is 0 Å². The number of aliphatic hydroxyl groups is 1. The van der Waals surface area contributed by atoms with Crippen LogP contribution in [0.3, 0.4) is 0 Å². The van der Waals surface area contributed by atoms with E-state index in [1.165, 1.54) is 0 Å². The van der Waals surface area contributed by atoms with Crippen LogP contribution >= 0.6 is 12.6 Å². The van der Waals surface area contributed by atoms with E-state index in [9.17, 15) is 5.11 Å². The molecule has 1 saturated heterocycles. The predicted octanol–water partition coefficient (Wildman–Crippen LogP) is 1.65. The average molecular weight is 217 g/mol. The van der Waals surface area contributed by atoms with Gasteiger partial charge in [-0.2, -0.15) is 12.6 Å². The topological polar surface area (TPSA) is 23.5 Å². The largest absolute Gasteiger partial charge is 0.392 e. The van der Waals surface area contributed by atoms with Gasteiger partial charge in [-0.05, 0) is 23.5 Å². The van der Waals surface area contributed by atoms with Crippen molar-refractivity contribution in [3.05, 3.63) is 0 Å². The van der Waals surface area contributed by atoms with Crippen molar-refractivity contribution in [2.45, 2.75) is 33.3 Å². The average Bonchev–Trinajstić information content (AvgIpc) is 2.45. The lowest BCUT2D eigenvalue weighted by molar-refractivity contribution is 0.150. The quantitative estimate of drug-likeness (QED) is 0.702. The molecule has 84 valence electrons. The lowest BCUT2D eigenvalue weighted by atomic mass is 9.81. The monoisotopic (exact) mass is 217 g/mol. The van der Waals surface area contributed by atoms with Gasteiger partial charge in [0.05, 0.1) is 6.10 Å². The zero-order valence-electron chi connectivity index (χ0n) is 9.53. The van der Waals surface area contributed by atoms with Crippen LogP contribution in [0.5, 0.6) is 0 Å². The Morgan fingerprint density at radius 3 is 2.50 bits per heavy atom. The van der Waals surface area contributed by atoms with E-state index in [1.807, 2.05) is 0 Å². The fourth-order valence-electron chi connectivity index (χ4n) is 1.90. The molecule has 3 heteroatoms. The van der Waals surface area contributed by atoms with E-state index in [0.717, 1.165) is 31.8 Å². The number of thiol groups is 1. The lowest BCUT2D eigenvalue weighted by Gasteiger charge is -2.32. The molecule has 1 rings (SSSR count). The van der Waals surface area contributed by atoms with Crippen LogP contribution in [0.25, 0.3) is 0 Å². The number of β-amino-alcohol motifs (C(OH)–C–C–N with tert-alkyl or cyclic N) is 1. The Balaban J connectivity index is 2.41. The van der Waals surface area contributed by atoms with Crippen molar-refractivity contribution < 1.29 is 5.11 Å². The molecule has 1 aliphatic heterocycles. The number of aliphatic hydroxyl groups excluding tert-OH is 1. The Hall–Kier alpha value is 0.270. The van der Waals surface area contributed by atoms with Gasteiger partial charge in [-0.15, -0.1) is 0 Å². The number of hydrogen-bond donors (Lipinski definition) is 2. The first-order valence-corrected chi connectivity index (χ1v) is 6.08. The van der Waals surface area contributed by atoms with Crippen molar-refractivity contribution in [1.29, 1.82) is 0 Å². The summed E-state index contributed by atoms with van der Waals surface area (Å²) in [5, 5.41) is 9.43. The highest BCUT2D eigenvalue weighted by molar-refractivity contribution is 7.80. The molecule has 14 heavy (non-hydrogen) atoms. The third-order valence-electron chi connectivity index (χ3n) is 3.17. The van der Waals surface area contributed by atoms with Crippen LogP contribution in [0.15, 0.2) is 0 Å². The fraction of sp³-hybridized carbons (Fsp3) is 1.00. The van der Waals surface area contributed by atoms with Crippen molar-refractivity contribution >= 4 is 12.6 Å². The summed E-state index contributed by atoms with van der Waals surface area (Å²) in [6.45, 7) is 9.76. The van der Waals surface area contributed by atoms with Crippen molar-refractivity contribution in [2.75, 3.05) is 25.4 Å². The summed E-state index contributed by atoms with van der Waals surface area (Å²) < 4.78 is 0. The van der Waals surface area contributed by atoms with Gasteiger partial charge in [0.1, 0.15) is 0 Å². The second-order valence-corrected chi connectivity index (χ2v) is 5.81. The Morgan fingerprint density at radius 2 is 2.14 bits per heavy atom. The predicted molar refractivity (Wildman–Crippen MR) is 63.9 cm³/mol. The maximum absolute atomic E-state index is 9.43. The summed E-state index contributed by atoms with van der Waals surface area (Å²) in [5.74, 6) is 1.53. The van der Waals surface area contributed by atoms with E-state index >= 15 is 0 Å². The number of nitrogens with zero attached hydrogens (tertiary/aromatic N) is 1. The molecule has 0 aromatic carbocycles. The molecule has 0 saturated carbocycles. The SMILES string of the molecule is CC(C)(C)C(CS)CN1CCC(O)C1. The molecule has 2 unspecified atom stereocenters. The minimum Gasteiger partial charge on any atom is -0.392 e. The normalized spacial score (nSPS) is 26.8. The molecule has 0 spiro atoms. The summed E-state index contributed by atoms with van der Waals surface area (Å²) in [7, 11) is 0. The fourth-order valence-corrected chi connectivity index (χ4v) is 2.56. The van der Waals surface area contributed by atoms with E-state index in [1.54, 1.807) is 0 Å². The molecule has 2 atom stereocenters. The van der Waals surface area contributed by atoms with Gasteiger partial charge in [0, 0.05) is 19.6 Å². The molecule has 0 aromatic rings. The van der Waals surface area contributed by atoms with Crippen LogP contribution in [-0.2, 0) is 0 Å². The van der Waals surface area contributed by atoms with Gasteiger partial charge < -0.3 is 10.0 Å². The lowest BCUT2D eigenvalue weighted by Crippen LogP contribution is -2.35. The molecule has 1 N–H and O–H groups in total. The highest BCUT2D eigenvalue weighted by Gasteiger charge is 2.28. The molecule has 0 radical (unpaired) electrons. The molecule has 1 aliphatic rings. The Morgan fingerprint density at radius 1 is 1.50 bits per heavy atom. The van der Waals surface area contributed by atoms with Crippen LogP contribution in [0.2, 0.25) is 0 Å². The van der Waals surface area contributed by atoms with Gasteiger partial charge in [0.25, 0.3) is 0 Å². The minimum atomic E-state index is -0.101. The standard InChI is InChI=1S/C11H23NOS/c1-11(2,3)9(8-14)6-12-5-4-10(13)7-12/h9-10,13-14H,4-8H2,1-3H3. The van der Waals surface area contributed by atoms with Crippen LogP contribution in [0.1, 0.15) is 27.2 Å². The highest BCUT2D eigenvalue weighted by Crippen LogP contribution is 2.28. The van der Waals surface area contributed by atoms with Crippen molar-refractivity contribution in [3.63, 3.8) is 0 Å². The van der Waals surface area contributed by atoms with Crippen LogP contribution < -0.4 is 0 Å². The second-order valence-electron chi connectivity index (χ2n) is 5.45. The summed E-state index contributed by atoms with van der Waals surface area (Å²) >= 11 is 4.42. The summed E-state index contributed by atoms with van der Waals surface area (Å²) in [6.07, 6.45) is 0.833. The van der Waals surface area contributed by atoms with Crippen molar-refractivity contribution in [3.8, 4) is 0 Å². The molecule has 1 fully saturated rings. The van der Waals surface area contributed by atoms with Gasteiger partial charge in [0.15, 0.2) is 0 Å². The van der Waals surface area contributed by atoms with Crippen LogP contribution in [-0.4, -0.2) is 41.5 Å². The van der Waals surface area contributed by atoms with Crippen molar-refractivity contribution in [2.24, 2.45) is 11.3 Å². The zero-order valence-corrected chi connectivity index (χ0v) is 10.4. The third kappa shape index (κ3) is 3.44. The first-order valence-electron chi connectivity index (χ1n) is 5.44. The highest BCUT2D eigenvalue weighted by atomic mass is 32.1. The molecule has 0 bridgehead atoms. The Bertz CT molecular complexity index is 179. The summed E-state index contributed by atoms with van der Waals surface area (Å²) in [4.78, 5) is 2.36. The van der Waals surface area contributed by atoms with Gasteiger partial charge in [-0.1, -0.05) is 20.8 Å². The van der Waals surface area contributed by atoms with E-state index in [4.69, 9.17) is 0 Å².